The molecule has 20 heavy (non-hydrogen) atoms. The number of rotatable bonds is 4. The fraction of sp³-hybridized carbons (Fsp3) is 0.412. The number of benzene rings is 1. The Morgan fingerprint density at radius 2 is 2.15 bits per heavy atom. The number of fused-ring (bicyclic) bond motifs is 1. The second kappa shape index (κ2) is 5.98. The highest BCUT2D eigenvalue weighted by Crippen LogP contribution is 2.33. The van der Waals surface area contributed by atoms with Gasteiger partial charge in [-0.2, -0.15) is 0 Å². The minimum absolute atomic E-state index is 0.420. The number of nitrogens with one attached hydrogen (secondary N) is 1. The second-order valence-electron chi connectivity index (χ2n) is 5.45. The van der Waals surface area contributed by atoms with E-state index in [-0.39, 0.29) is 0 Å². The van der Waals surface area contributed by atoms with Gasteiger partial charge in [0.05, 0.1) is 6.61 Å². The Morgan fingerprint density at radius 3 is 2.95 bits per heavy atom. The molecule has 0 spiro atoms. The van der Waals surface area contributed by atoms with E-state index < -0.39 is 0 Å². The first-order chi connectivity index (χ1) is 9.74. The zero-order chi connectivity index (χ0) is 13.9. The Bertz CT molecular complexity index is 578. The summed E-state index contributed by atoms with van der Waals surface area (Å²) >= 11 is 1.88. The van der Waals surface area contributed by atoms with Crippen molar-refractivity contribution in [3.8, 4) is 5.75 Å². The third kappa shape index (κ3) is 2.89. The van der Waals surface area contributed by atoms with E-state index in [0.29, 0.717) is 12.0 Å². The van der Waals surface area contributed by atoms with Crippen molar-refractivity contribution in [1.29, 1.82) is 0 Å². The molecule has 3 heteroatoms. The number of hydrogen-bond donors (Lipinski definition) is 1. The summed E-state index contributed by atoms with van der Waals surface area (Å²) in [6.07, 6.45) is 1.10. The van der Waals surface area contributed by atoms with Gasteiger partial charge in [-0.3, -0.25) is 0 Å². The van der Waals surface area contributed by atoms with Crippen molar-refractivity contribution >= 4 is 11.3 Å². The number of aryl methyl sites for hydroxylation is 1. The van der Waals surface area contributed by atoms with E-state index in [1.807, 2.05) is 17.4 Å². The van der Waals surface area contributed by atoms with Gasteiger partial charge in [0.15, 0.2) is 0 Å². The van der Waals surface area contributed by atoms with Crippen molar-refractivity contribution in [2.75, 3.05) is 13.2 Å². The minimum atomic E-state index is 0.420. The predicted octanol–water partition coefficient (Wildman–Crippen LogP) is 4.27. The molecule has 1 aliphatic heterocycles. The quantitative estimate of drug-likeness (QED) is 0.906. The van der Waals surface area contributed by atoms with Crippen molar-refractivity contribution in [2.24, 2.45) is 0 Å². The maximum Gasteiger partial charge on any atom is 0.122 e. The van der Waals surface area contributed by atoms with Gasteiger partial charge in [0, 0.05) is 28.3 Å². The lowest BCUT2D eigenvalue weighted by molar-refractivity contribution is 0.263. The molecule has 0 amide bonds. The van der Waals surface area contributed by atoms with Crippen LogP contribution >= 0.6 is 11.3 Å². The molecule has 2 aromatic rings. The number of ether oxygens (including phenoxy) is 1. The average Bonchev–Trinajstić information content (AvgIpc) is 2.91. The number of hydrogen-bond acceptors (Lipinski definition) is 3. The van der Waals surface area contributed by atoms with Crippen molar-refractivity contribution in [1.82, 2.24) is 5.32 Å². The minimum Gasteiger partial charge on any atom is -0.493 e. The van der Waals surface area contributed by atoms with Gasteiger partial charge in [0.1, 0.15) is 5.75 Å². The van der Waals surface area contributed by atoms with E-state index in [1.165, 1.54) is 15.3 Å². The maximum absolute atomic E-state index is 5.72. The zero-order valence-corrected chi connectivity index (χ0v) is 12.9. The summed E-state index contributed by atoms with van der Waals surface area (Å²) in [5, 5.41) is 3.68. The van der Waals surface area contributed by atoms with E-state index in [9.17, 15) is 0 Å². The van der Waals surface area contributed by atoms with Crippen LogP contribution in [0.1, 0.15) is 40.6 Å². The Balaban J connectivity index is 1.65. The van der Waals surface area contributed by atoms with Gasteiger partial charge in [0.25, 0.3) is 0 Å². The summed E-state index contributed by atoms with van der Waals surface area (Å²) in [6, 6.07) is 13.3. The van der Waals surface area contributed by atoms with Crippen LogP contribution < -0.4 is 10.1 Å². The van der Waals surface area contributed by atoms with Gasteiger partial charge >= 0.3 is 0 Å². The molecule has 1 N–H and O–H groups in total. The number of para-hydroxylation sites is 1. The van der Waals surface area contributed by atoms with Gasteiger partial charge in [-0.05, 0) is 44.0 Å². The summed E-state index contributed by atoms with van der Waals surface area (Å²) in [4.78, 5) is 2.80. The van der Waals surface area contributed by atoms with Gasteiger partial charge in [-0.1, -0.05) is 18.2 Å². The third-order valence-electron chi connectivity index (χ3n) is 3.94. The lowest BCUT2D eigenvalue weighted by Gasteiger charge is -2.27. The maximum atomic E-state index is 5.72. The molecule has 2 atom stereocenters. The second-order valence-corrected chi connectivity index (χ2v) is 6.77. The molecule has 1 aromatic heterocycles. The SMILES string of the molecule is Cc1ccc(C(C)NCC2CCOc3ccccc32)s1. The molecule has 0 fully saturated rings. The van der Waals surface area contributed by atoms with Crippen LogP contribution in [0.3, 0.4) is 0 Å². The average molecular weight is 287 g/mol. The standard InChI is InChI=1S/C17H21NOS/c1-12-7-8-17(20-12)13(2)18-11-14-9-10-19-16-6-4-3-5-15(14)16/h3-8,13-14,18H,9-11H2,1-2H3. The Labute approximate surface area is 124 Å². The molecule has 1 aromatic carbocycles. The summed E-state index contributed by atoms with van der Waals surface area (Å²) in [5.41, 5.74) is 1.35. The van der Waals surface area contributed by atoms with Crippen LogP contribution in [0.2, 0.25) is 0 Å². The van der Waals surface area contributed by atoms with Crippen LogP contribution in [-0.2, 0) is 0 Å². The van der Waals surface area contributed by atoms with Crippen LogP contribution in [0, 0.1) is 6.92 Å². The van der Waals surface area contributed by atoms with E-state index in [2.05, 4.69) is 49.5 Å². The van der Waals surface area contributed by atoms with E-state index in [1.54, 1.807) is 0 Å². The van der Waals surface area contributed by atoms with E-state index >= 15 is 0 Å². The molecule has 3 rings (SSSR count). The predicted molar refractivity (Wildman–Crippen MR) is 84.8 cm³/mol. The van der Waals surface area contributed by atoms with Crippen molar-refractivity contribution in [2.45, 2.75) is 32.2 Å². The normalized spacial score (nSPS) is 19.2. The highest BCUT2D eigenvalue weighted by Gasteiger charge is 2.21. The van der Waals surface area contributed by atoms with Crippen molar-refractivity contribution in [3.05, 3.63) is 51.7 Å². The van der Waals surface area contributed by atoms with Gasteiger partial charge in [-0.15, -0.1) is 11.3 Å². The molecule has 2 heterocycles. The Kier molecular flexibility index (Phi) is 4.08. The first-order valence-electron chi connectivity index (χ1n) is 7.25. The molecule has 0 saturated heterocycles. The topological polar surface area (TPSA) is 21.3 Å². The van der Waals surface area contributed by atoms with Crippen LogP contribution in [0.15, 0.2) is 36.4 Å². The summed E-state index contributed by atoms with van der Waals surface area (Å²) in [6.45, 7) is 6.25. The first kappa shape index (κ1) is 13.7. The molecule has 0 bridgehead atoms. The summed E-state index contributed by atoms with van der Waals surface area (Å²) < 4.78 is 5.72. The van der Waals surface area contributed by atoms with Crippen molar-refractivity contribution in [3.63, 3.8) is 0 Å². The number of thiophene rings is 1. The Morgan fingerprint density at radius 1 is 1.30 bits per heavy atom. The molecule has 0 radical (unpaired) electrons. The van der Waals surface area contributed by atoms with Crippen LogP contribution in [0.5, 0.6) is 5.75 Å². The lowest BCUT2D eigenvalue weighted by Crippen LogP contribution is -2.27. The van der Waals surface area contributed by atoms with Gasteiger partial charge < -0.3 is 10.1 Å². The zero-order valence-electron chi connectivity index (χ0n) is 12.1. The fourth-order valence-electron chi connectivity index (χ4n) is 2.73. The monoisotopic (exact) mass is 287 g/mol. The molecule has 0 aliphatic carbocycles. The van der Waals surface area contributed by atoms with Crippen LogP contribution in [0.25, 0.3) is 0 Å². The highest BCUT2D eigenvalue weighted by molar-refractivity contribution is 7.12. The lowest BCUT2D eigenvalue weighted by atomic mass is 9.93. The molecular formula is C17H21NOS. The molecule has 1 aliphatic rings. The molecular weight excluding hydrogens is 266 g/mol. The molecule has 0 saturated carbocycles. The van der Waals surface area contributed by atoms with Gasteiger partial charge in [-0.25, -0.2) is 0 Å². The molecule has 2 nitrogen and oxygen atoms in total. The van der Waals surface area contributed by atoms with Crippen LogP contribution in [0.4, 0.5) is 0 Å². The first-order valence-corrected chi connectivity index (χ1v) is 8.07. The summed E-state index contributed by atoms with van der Waals surface area (Å²) in [7, 11) is 0. The molecule has 106 valence electrons. The highest BCUT2D eigenvalue weighted by atomic mass is 32.1. The molecule has 2 unspecified atom stereocenters. The fourth-order valence-corrected chi connectivity index (χ4v) is 3.64. The Hall–Kier alpha value is -1.32. The van der Waals surface area contributed by atoms with Crippen molar-refractivity contribution < 1.29 is 4.74 Å². The largest absolute Gasteiger partial charge is 0.493 e. The van der Waals surface area contributed by atoms with Gasteiger partial charge in [0.2, 0.25) is 0 Å². The smallest absolute Gasteiger partial charge is 0.122 e. The van der Waals surface area contributed by atoms with E-state index in [0.717, 1.165) is 25.3 Å². The van der Waals surface area contributed by atoms with Crippen LogP contribution in [-0.4, -0.2) is 13.2 Å². The summed E-state index contributed by atoms with van der Waals surface area (Å²) in [5.74, 6) is 1.62. The van der Waals surface area contributed by atoms with E-state index in [4.69, 9.17) is 4.74 Å². The third-order valence-corrected chi connectivity index (χ3v) is 5.12.